The van der Waals surface area contributed by atoms with Gasteiger partial charge in [0.2, 0.25) is 17.7 Å². The van der Waals surface area contributed by atoms with Crippen LogP contribution in [0.2, 0.25) is 0 Å². The van der Waals surface area contributed by atoms with Gasteiger partial charge in [0.25, 0.3) is 0 Å². The highest BCUT2D eigenvalue weighted by Crippen LogP contribution is 2.19. The fraction of sp³-hybridized carbons (Fsp3) is 0.458. The smallest absolute Gasteiger partial charge is 0.326 e. The number of carboxylic acids is 2. The van der Waals surface area contributed by atoms with Crippen molar-refractivity contribution in [3.8, 4) is 0 Å². The van der Waals surface area contributed by atoms with Crippen molar-refractivity contribution in [3.05, 3.63) is 36.0 Å². The molecular formula is C24H33N5O7. The number of benzene rings is 1. The van der Waals surface area contributed by atoms with E-state index in [9.17, 15) is 34.2 Å². The highest BCUT2D eigenvalue weighted by Gasteiger charge is 2.30. The summed E-state index contributed by atoms with van der Waals surface area (Å²) in [6, 6.07) is 2.35. The van der Waals surface area contributed by atoms with E-state index in [4.69, 9.17) is 5.73 Å². The first-order valence-electron chi connectivity index (χ1n) is 11.5. The van der Waals surface area contributed by atoms with E-state index in [0.29, 0.717) is 12.0 Å². The largest absolute Gasteiger partial charge is 0.481 e. The molecular weight excluding hydrogens is 470 g/mol. The van der Waals surface area contributed by atoms with E-state index in [0.717, 1.165) is 10.9 Å². The van der Waals surface area contributed by atoms with Crippen molar-refractivity contribution in [1.82, 2.24) is 20.9 Å². The third kappa shape index (κ3) is 8.08. The van der Waals surface area contributed by atoms with Crippen LogP contribution < -0.4 is 21.7 Å². The molecule has 0 saturated carbocycles. The van der Waals surface area contributed by atoms with Crippen LogP contribution in [-0.2, 0) is 30.4 Å². The van der Waals surface area contributed by atoms with Gasteiger partial charge in [0.05, 0.1) is 12.5 Å². The first kappa shape index (κ1) is 28.3. The number of nitrogens with one attached hydrogen (secondary N) is 4. The summed E-state index contributed by atoms with van der Waals surface area (Å²) in [7, 11) is 0. The lowest BCUT2D eigenvalue weighted by atomic mass is 10.0. The Labute approximate surface area is 208 Å². The van der Waals surface area contributed by atoms with Crippen molar-refractivity contribution in [1.29, 1.82) is 0 Å². The van der Waals surface area contributed by atoms with Gasteiger partial charge in [-0.2, -0.15) is 0 Å². The molecule has 1 heterocycles. The molecule has 1 aromatic heterocycles. The summed E-state index contributed by atoms with van der Waals surface area (Å²) in [4.78, 5) is 63.8. The zero-order chi connectivity index (χ0) is 27.0. The standard InChI is InChI=1S/C24H33N5O7/c1-12(2)8-16(25)22(33)27-13(3)21(32)28-18(10-20(30)31)23(34)29-19(24(35)36)9-14-11-26-17-7-5-4-6-15(14)17/h4-7,11-13,16,18-19,26H,8-10,25H2,1-3H3,(H,27,33)(H,28,32)(H,29,34)(H,30,31)(H,35,36)/t13-,16-,18-,19-/m0/s1. The predicted octanol–water partition coefficient (Wildman–Crippen LogP) is 0.117. The van der Waals surface area contributed by atoms with E-state index in [1.807, 2.05) is 26.0 Å². The number of nitrogens with two attached hydrogens (primary N) is 1. The highest BCUT2D eigenvalue weighted by atomic mass is 16.4. The number of carbonyl (C=O) groups is 5. The Hall–Kier alpha value is -3.93. The van der Waals surface area contributed by atoms with Gasteiger partial charge in [-0.05, 0) is 30.9 Å². The van der Waals surface area contributed by atoms with Crippen molar-refractivity contribution in [2.75, 3.05) is 0 Å². The number of para-hydroxylation sites is 1. The molecule has 1 aromatic carbocycles. The van der Waals surface area contributed by atoms with Gasteiger partial charge < -0.3 is 36.9 Å². The van der Waals surface area contributed by atoms with Crippen LogP contribution in [0.1, 0.15) is 39.2 Å². The molecule has 0 aliphatic heterocycles. The second kappa shape index (κ2) is 12.7. The summed E-state index contributed by atoms with van der Waals surface area (Å²) in [6.07, 6.45) is 1.18. The van der Waals surface area contributed by atoms with Crippen molar-refractivity contribution in [2.24, 2.45) is 11.7 Å². The summed E-state index contributed by atoms with van der Waals surface area (Å²) in [5.74, 6) is -4.90. The number of amides is 3. The van der Waals surface area contributed by atoms with Crippen LogP contribution in [0.4, 0.5) is 0 Å². The molecule has 0 unspecified atom stereocenters. The Morgan fingerprint density at radius 1 is 0.917 bits per heavy atom. The zero-order valence-electron chi connectivity index (χ0n) is 20.4. The average molecular weight is 504 g/mol. The summed E-state index contributed by atoms with van der Waals surface area (Å²) >= 11 is 0. The number of aromatic amines is 1. The van der Waals surface area contributed by atoms with E-state index in [-0.39, 0.29) is 12.3 Å². The topological polar surface area (TPSA) is 204 Å². The lowest BCUT2D eigenvalue weighted by Gasteiger charge is -2.23. The normalized spacial score (nSPS) is 14.5. The van der Waals surface area contributed by atoms with Gasteiger partial charge >= 0.3 is 11.9 Å². The summed E-state index contributed by atoms with van der Waals surface area (Å²) in [6.45, 7) is 5.14. The Morgan fingerprint density at radius 3 is 2.17 bits per heavy atom. The van der Waals surface area contributed by atoms with Gasteiger partial charge in [-0.15, -0.1) is 0 Å². The van der Waals surface area contributed by atoms with Crippen LogP contribution in [0, 0.1) is 5.92 Å². The van der Waals surface area contributed by atoms with E-state index >= 15 is 0 Å². The first-order chi connectivity index (χ1) is 16.9. The molecule has 2 aromatic rings. The molecule has 0 spiro atoms. The van der Waals surface area contributed by atoms with Crippen LogP contribution in [0.15, 0.2) is 30.5 Å². The van der Waals surface area contributed by atoms with Gasteiger partial charge in [-0.25, -0.2) is 4.79 Å². The minimum atomic E-state index is -1.57. The van der Waals surface area contributed by atoms with Crippen molar-refractivity contribution in [2.45, 2.75) is 64.2 Å². The summed E-state index contributed by atoms with van der Waals surface area (Å²) < 4.78 is 0. The van der Waals surface area contributed by atoms with E-state index in [1.165, 1.54) is 6.92 Å². The van der Waals surface area contributed by atoms with E-state index < -0.39 is 60.2 Å². The lowest BCUT2D eigenvalue weighted by Crippen LogP contribution is -2.57. The fourth-order valence-corrected chi connectivity index (χ4v) is 3.67. The van der Waals surface area contributed by atoms with Crippen LogP contribution >= 0.6 is 0 Å². The minimum absolute atomic E-state index is 0.0704. The number of carbonyl (C=O) groups excluding carboxylic acids is 3. The third-order valence-electron chi connectivity index (χ3n) is 5.54. The fourth-order valence-electron chi connectivity index (χ4n) is 3.67. The maximum absolute atomic E-state index is 12.8. The minimum Gasteiger partial charge on any atom is -0.481 e. The van der Waals surface area contributed by atoms with E-state index in [2.05, 4.69) is 20.9 Å². The number of aliphatic carboxylic acids is 2. The van der Waals surface area contributed by atoms with Crippen LogP contribution in [0.5, 0.6) is 0 Å². The number of H-pyrrole nitrogens is 1. The van der Waals surface area contributed by atoms with Gasteiger partial charge in [0.1, 0.15) is 18.1 Å². The number of rotatable bonds is 13. The first-order valence-corrected chi connectivity index (χ1v) is 11.5. The molecule has 0 fully saturated rings. The van der Waals surface area contributed by atoms with Gasteiger partial charge in [0.15, 0.2) is 0 Å². The third-order valence-corrected chi connectivity index (χ3v) is 5.54. The van der Waals surface area contributed by atoms with Gasteiger partial charge in [0, 0.05) is 23.5 Å². The van der Waals surface area contributed by atoms with Crippen molar-refractivity contribution in [3.63, 3.8) is 0 Å². The SMILES string of the molecule is CC(C)C[C@H](N)C(=O)N[C@@H](C)C(=O)N[C@@H](CC(=O)O)C(=O)N[C@@H](Cc1c[nH]c2ccccc12)C(=O)O. The van der Waals surface area contributed by atoms with Gasteiger partial charge in [-0.1, -0.05) is 32.0 Å². The lowest BCUT2D eigenvalue weighted by molar-refractivity contribution is -0.143. The number of aromatic nitrogens is 1. The molecule has 3 amide bonds. The highest BCUT2D eigenvalue weighted by molar-refractivity contribution is 5.95. The Bertz CT molecular complexity index is 1110. The number of hydrogen-bond donors (Lipinski definition) is 7. The van der Waals surface area contributed by atoms with Crippen molar-refractivity contribution >= 4 is 40.6 Å². The molecule has 12 nitrogen and oxygen atoms in total. The molecule has 0 aliphatic carbocycles. The zero-order valence-corrected chi connectivity index (χ0v) is 20.4. The quantitative estimate of drug-likeness (QED) is 0.199. The van der Waals surface area contributed by atoms with Crippen LogP contribution in [0.25, 0.3) is 10.9 Å². The molecule has 0 aliphatic rings. The Morgan fingerprint density at radius 2 is 1.56 bits per heavy atom. The monoisotopic (exact) mass is 503 g/mol. The molecule has 4 atom stereocenters. The molecule has 0 saturated heterocycles. The van der Waals surface area contributed by atoms with Crippen LogP contribution in [-0.4, -0.2) is 69.0 Å². The molecule has 196 valence electrons. The van der Waals surface area contributed by atoms with Crippen molar-refractivity contribution < 1.29 is 34.2 Å². The second-order valence-corrected chi connectivity index (χ2v) is 9.09. The molecule has 0 radical (unpaired) electrons. The summed E-state index contributed by atoms with van der Waals surface area (Å²) in [5.41, 5.74) is 7.25. The molecule has 36 heavy (non-hydrogen) atoms. The predicted molar refractivity (Wildman–Crippen MR) is 131 cm³/mol. The number of carboxylic acid groups (broad SMARTS) is 2. The second-order valence-electron chi connectivity index (χ2n) is 9.09. The maximum atomic E-state index is 12.8. The van der Waals surface area contributed by atoms with Crippen LogP contribution in [0.3, 0.4) is 0 Å². The summed E-state index contributed by atoms with van der Waals surface area (Å²) in [5, 5.41) is 26.7. The maximum Gasteiger partial charge on any atom is 0.326 e. The Kier molecular flexibility index (Phi) is 9.97. The van der Waals surface area contributed by atoms with E-state index in [1.54, 1.807) is 18.3 Å². The van der Waals surface area contributed by atoms with Gasteiger partial charge in [-0.3, -0.25) is 19.2 Å². The molecule has 0 bridgehead atoms. The average Bonchev–Trinajstić information content (AvgIpc) is 3.19. The molecule has 2 rings (SSSR count). The Balaban J connectivity index is 2.08. The number of fused-ring (bicyclic) bond motifs is 1. The number of hydrogen-bond acceptors (Lipinski definition) is 6. The molecule has 8 N–H and O–H groups in total. The molecule has 12 heteroatoms.